The van der Waals surface area contributed by atoms with E-state index in [0.29, 0.717) is 0 Å². The van der Waals surface area contributed by atoms with Crippen molar-refractivity contribution in [2.75, 3.05) is 0 Å². The average molecular weight is 236 g/mol. The topological polar surface area (TPSA) is 28.7 Å². The van der Waals surface area contributed by atoms with E-state index >= 15 is 0 Å². The minimum Gasteiger partial charge on any atom is -0.338 e. The minimum absolute atomic E-state index is 0.972. The van der Waals surface area contributed by atoms with E-state index in [2.05, 4.69) is 47.2 Å². The fourth-order valence-electron chi connectivity index (χ4n) is 2.32. The van der Waals surface area contributed by atoms with Crippen molar-refractivity contribution < 1.29 is 0 Å². The van der Waals surface area contributed by atoms with E-state index in [1.807, 2.05) is 18.2 Å². The van der Waals surface area contributed by atoms with Gasteiger partial charge in [-0.15, -0.1) is 0 Å². The maximum atomic E-state index is 4.67. The van der Waals surface area contributed by atoms with Gasteiger partial charge in [0.05, 0.1) is 11.0 Å². The molecule has 0 radical (unpaired) electrons. The van der Waals surface area contributed by atoms with Crippen LogP contribution in [0.25, 0.3) is 22.4 Å². The lowest BCUT2D eigenvalue weighted by Gasteiger charge is -2.05. The summed E-state index contributed by atoms with van der Waals surface area (Å²) in [6.07, 6.45) is 2.24. The second-order valence-corrected chi connectivity index (χ2v) is 4.51. The molecule has 0 amide bonds. The first kappa shape index (κ1) is 11.0. The lowest BCUT2D eigenvalue weighted by atomic mass is 10.0. The molecule has 3 rings (SSSR count). The average Bonchev–Trinajstić information content (AvgIpc) is 2.83. The van der Waals surface area contributed by atoms with Crippen LogP contribution in [0.3, 0.4) is 0 Å². The summed E-state index contributed by atoms with van der Waals surface area (Å²) >= 11 is 0. The van der Waals surface area contributed by atoms with Gasteiger partial charge in [0.2, 0.25) is 0 Å². The van der Waals surface area contributed by atoms with Gasteiger partial charge in [0.25, 0.3) is 0 Å². The molecule has 2 heteroatoms. The molecule has 1 N–H and O–H groups in total. The highest BCUT2D eigenvalue weighted by Crippen LogP contribution is 2.24. The quantitative estimate of drug-likeness (QED) is 0.726. The normalized spacial score (nSPS) is 10.9. The molecule has 0 spiro atoms. The second-order valence-electron chi connectivity index (χ2n) is 4.51. The summed E-state index contributed by atoms with van der Waals surface area (Å²) in [7, 11) is 0. The van der Waals surface area contributed by atoms with Crippen LogP contribution in [0, 0.1) is 0 Å². The number of hydrogen-bond acceptors (Lipinski definition) is 1. The molecular weight excluding hydrogens is 220 g/mol. The molecule has 0 aliphatic carbocycles. The summed E-state index contributed by atoms with van der Waals surface area (Å²) in [6.45, 7) is 2.20. The number of rotatable bonds is 3. The summed E-state index contributed by atoms with van der Waals surface area (Å²) in [5, 5.41) is 0. The molecular formula is C16H16N2. The number of aromatic nitrogens is 2. The number of imidazole rings is 1. The minimum atomic E-state index is 0.972. The summed E-state index contributed by atoms with van der Waals surface area (Å²) in [5.74, 6) is 0.972. The molecule has 0 atom stereocenters. The SMILES string of the molecule is CCCc1ccccc1-c1nc2ccccc2[nH]1. The van der Waals surface area contributed by atoms with E-state index in [1.165, 1.54) is 11.1 Å². The third-order valence-corrected chi connectivity index (χ3v) is 3.18. The maximum absolute atomic E-state index is 4.67. The van der Waals surface area contributed by atoms with Crippen molar-refractivity contribution in [1.29, 1.82) is 0 Å². The van der Waals surface area contributed by atoms with Gasteiger partial charge in [-0.3, -0.25) is 0 Å². The van der Waals surface area contributed by atoms with Crippen molar-refractivity contribution >= 4 is 11.0 Å². The Morgan fingerprint density at radius 3 is 2.61 bits per heavy atom. The van der Waals surface area contributed by atoms with Gasteiger partial charge in [0, 0.05) is 5.56 Å². The highest BCUT2D eigenvalue weighted by molar-refractivity contribution is 5.79. The van der Waals surface area contributed by atoms with Crippen LogP contribution in [0.2, 0.25) is 0 Å². The van der Waals surface area contributed by atoms with E-state index < -0.39 is 0 Å². The van der Waals surface area contributed by atoms with Crippen LogP contribution in [-0.4, -0.2) is 9.97 Å². The van der Waals surface area contributed by atoms with Crippen molar-refractivity contribution in [3.05, 3.63) is 54.1 Å². The molecule has 2 aromatic carbocycles. The number of H-pyrrole nitrogens is 1. The Morgan fingerprint density at radius 1 is 1.00 bits per heavy atom. The van der Waals surface area contributed by atoms with E-state index in [4.69, 9.17) is 0 Å². The van der Waals surface area contributed by atoms with Crippen molar-refractivity contribution in [1.82, 2.24) is 9.97 Å². The third-order valence-electron chi connectivity index (χ3n) is 3.18. The van der Waals surface area contributed by atoms with Gasteiger partial charge < -0.3 is 4.98 Å². The molecule has 0 fully saturated rings. The van der Waals surface area contributed by atoms with Crippen molar-refractivity contribution in [2.45, 2.75) is 19.8 Å². The van der Waals surface area contributed by atoms with Crippen LogP contribution in [-0.2, 0) is 6.42 Å². The molecule has 90 valence electrons. The van der Waals surface area contributed by atoms with Crippen LogP contribution < -0.4 is 0 Å². The van der Waals surface area contributed by atoms with Crippen LogP contribution in [0.5, 0.6) is 0 Å². The standard InChI is InChI=1S/C16H16N2/c1-2-7-12-8-3-4-9-13(12)16-17-14-10-5-6-11-15(14)18-16/h3-6,8-11H,2,7H2,1H3,(H,17,18). The number of aryl methyl sites for hydroxylation is 1. The smallest absolute Gasteiger partial charge is 0.138 e. The first-order chi connectivity index (χ1) is 8.88. The lowest BCUT2D eigenvalue weighted by molar-refractivity contribution is 0.922. The summed E-state index contributed by atoms with van der Waals surface area (Å²) in [4.78, 5) is 8.07. The Morgan fingerprint density at radius 2 is 1.78 bits per heavy atom. The number of aromatic amines is 1. The van der Waals surface area contributed by atoms with Crippen LogP contribution in [0.4, 0.5) is 0 Å². The van der Waals surface area contributed by atoms with Crippen LogP contribution in [0.1, 0.15) is 18.9 Å². The highest BCUT2D eigenvalue weighted by Gasteiger charge is 2.08. The number of hydrogen-bond donors (Lipinski definition) is 1. The van der Waals surface area contributed by atoms with E-state index in [0.717, 1.165) is 29.7 Å². The monoisotopic (exact) mass is 236 g/mol. The van der Waals surface area contributed by atoms with Crippen molar-refractivity contribution in [3.63, 3.8) is 0 Å². The highest BCUT2D eigenvalue weighted by atomic mass is 14.9. The third kappa shape index (κ3) is 1.90. The molecule has 0 unspecified atom stereocenters. The fraction of sp³-hybridized carbons (Fsp3) is 0.188. The molecule has 1 aromatic heterocycles. The molecule has 3 aromatic rings. The van der Waals surface area contributed by atoms with Crippen LogP contribution in [0.15, 0.2) is 48.5 Å². The molecule has 2 nitrogen and oxygen atoms in total. The Hall–Kier alpha value is -2.09. The van der Waals surface area contributed by atoms with Crippen molar-refractivity contribution in [2.24, 2.45) is 0 Å². The van der Waals surface area contributed by atoms with Gasteiger partial charge >= 0.3 is 0 Å². The Kier molecular flexibility index (Phi) is 2.85. The number of para-hydroxylation sites is 2. The summed E-state index contributed by atoms with van der Waals surface area (Å²) in [6, 6.07) is 16.6. The Bertz CT molecular complexity index is 634. The second kappa shape index (κ2) is 4.65. The van der Waals surface area contributed by atoms with Crippen molar-refractivity contribution in [3.8, 4) is 11.4 Å². The summed E-state index contributed by atoms with van der Waals surface area (Å²) in [5.41, 5.74) is 4.70. The van der Waals surface area contributed by atoms with Gasteiger partial charge in [-0.25, -0.2) is 4.98 Å². The number of nitrogens with zero attached hydrogens (tertiary/aromatic N) is 1. The van der Waals surface area contributed by atoms with Gasteiger partial charge in [0.15, 0.2) is 0 Å². The maximum Gasteiger partial charge on any atom is 0.138 e. The fourth-order valence-corrected chi connectivity index (χ4v) is 2.32. The lowest BCUT2D eigenvalue weighted by Crippen LogP contribution is -1.90. The number of nitrogens with one attached hydrogen (secondary N) is 1. The zero-order chi connectivity index (χ0) is 12.4. The van der Waals surface area contributed by atoms with E-state index in [1.54, 1.807) is 0 Å². The molecule has 0 aliphatic rings. The van der Waals surface area contributed by atoms with E-state index in [9.17, 15) is 0 Å². The molecule has 18 heavy (non-hydrogen) atoms. The predicted octanol–water partition coefficient (Wildman–Crippen LogP) is 4.18. The van der Waals surface area contributed by atoms with Gasteiger partial charge in [-0.1, -0.05) is 49.7 Å². The van der Waals surface area contributed by atoms with Gasteiger partial charge in [-0.05, 0) is 24.1 Å². The Labute approximate surface area is 107 Å². The molecule has 1 heterocycles. The Balaban J connectivity index is 2.13. The van der Waals surface area contributed by atoms with E-state index in [-0.39, 0.29) is 0 Å². The molecule has 0 saturated heterocycles. The predicted molar refractivity (Wildman–Crippen MR) is 75.5 cm³/mol. The van der Waals surface area contributed by atoms with Crippen LogP contribution >= 0.6 is 0 Å². The van der Waals surface area contributed by atoms with Gasteiger partial charge in [0.1, 0.15) is 5.82 Å². The number of benzene rings is 2. The molecule has 0 bridgehead atoms. The number of fused-ring (bicyclic) bond motifs is 1. The van der Waals surface area contributed by atoms with Gasteiger partial charge in [-0.2, -0.15) is 0 Å². The first-order valence-electron chi connectivity index (χ1n) is 6.41. The molecule has 0 saturated carbocycles. The zero-order valence-corrected chi connectivity index (χ0v) is 10.5. The largest absolute Gasteiger partial charge is 0.338 e. The summed E-state index contributed by atoms with van der Waals surface area (Å²) < 4.78 is 0. The zero-order valence-electron chi connectivity index (χ0n) is 10.5. The first-order valence-corrected chi connectivity index (χ1v) is 6.41. The molecule has 0 aliphatic heterocycles.